The highest BCUT2D eigenvalue weighted by Crippen LogP contribution is 2.38. The van der Waals surface area contributed by atoms with Gasteiger partial charge in [-0.2, -0.15) is 0 Å². The molecule has 0 aromatic heterocycles. The second kappa shape index (κ2) is 12.8. The highest BCUT2D eigenvalue weighted by molar-refractivity contribution is 7.99. The largest absolute Gasteiger partial charge is 0.480 e. The van der Waals surface area contributed by atoms with Crippen molar-refractivity contribution in [3.8, 4) is 0 Å². The monoisotopic (exact) mass is 524 g/mol. The van der Waals surface area contributed by atoms with Gasteiger partial charge in [0.1, 0.15) is 11.9 Å². The maximum absolute atomic E-state index is 13.1. The summed E-state index contributed by atoms with van der Waals surface area (Å²) in [5, 5.41) is 10.1. The number of nitrogens with zero attached hydrogens (tertiary/aromatic N) is 2. The highest BCUT2D eigenvalue weighted by atomic mass is 32.2. The van der Waals surface area contributed by atoms with Gasteiger partial charge in [-0.3, -0.25) is 9.69 Å². The molecule has 0 radical (unpaired) electrons. The molecule has 200 valence electrons. The molecule has 2 saturated heterocycles. The molecule has 5 rings (SSSR count). The van der Waals surface area contributed by atoms with E-state index in [0.29, 0.717) is 17.8 Å². The summed E-state index contributed by atoms with van der Waals surface area (Å²) in [5.74, 6) is 2.49. The van der Waals surface area contributed by atoms with Crippen LogP contribution in [0.4, 0.5) is 4.39 Å². The Morgan fingerprint density at radius 2 is 1.70 bits per heavy atom. The van der Waals surface area contributed by atoms with Gasteiger partial charge in [0.15, 0.2) is 0 Å². The van der Waals surface area contributed by atoms with Gasteiger partial charge in [-0.25, -0.2) is 4.39 Å². The third-order valence-electron chi connectivity index (χ3n) is 9.01. The lowest BCUT2D eigenvalue weighted by Gasteiger charge is -2.35. The predicted molar refractivity (Wildman–Crippen MR) is 149 cm³/mol. The van der Waals surface area contributed by atoms with Crippen LogP contribution in [0.5, 0.6) is 0 Å². The zero-order valence-corrected chi connectivity index (χ0v) is 22.6. The van der Waals surface area contributed by atoms with Gasteiger partial charge in [-0.15, -0.1) is 11.8 Å². The summed E-state index contributed by atoms with van der Waals surface area (Å²) in [5.41, 5.74) is 1.36. The van der Waals surface area contributed by atoms with Crippen molar-refractivity contribution in [1.82, 2.24) is 9.80 Å². The quantitative estimate of drug-likeness (QED) is 0.346. The van der Waals surface area contributed by atoms with Crippen molar-refractivity contribution < 1.29 is 14.3 Å². The van der Waals surface area contributed by atoms with E-state index in [1.165, 1.54) is 44.1 Å². The van der Waals surface area contributed by atoms with Gasteiger partial charge in [-0.1, -0.05) is 49.6 Å². The molecule has 4 nitrogen and oxygen atoms in total. The first-order valence-corrected chi connectivity index (χ1v) is 15.2. The van der Waals surface area contributed by atoms with Crippen molar-refractivity contribution >= 4 is 17.7 Å². The van der Waals surface area contributed by atoms with Gasteiger partial charge in [0, 0.05) is 30.4 Å². The van der Waals surface area contributed by atoms with Crippen LogP contribution in [0, 0.1) is 23.6 Å². The van der Waals surface area contributed by atoms with E-state index >= 15 is 0 Å². The predicted octanol–water partition coefficient (Wildman–Crippen LogP) is 6.38. The lowest BCUT2D eigenvalue weighted by atomic mass is 9.80. The number of hydrogen-bond donors (Lipinski definition) is 1. The molecule has 2 aromatic carbocycles. The molecule has 2 heterocycles. The molecule has 3 atom stereocenters. The van der Waals surface area contributed by atoms with Crippen molar-refractivity contribution in [3.63, 3.8) is 0 Å². The Bertz CT molecular complexity index is 992. The van der Waals surface area contributed by atoms with E-state index in [-0.39, 0.29) is 11.9 Å². The molecule has 0 spiro atoms. The number of aliphatic carboxylic acids is 1. The summed E-state index contributed by atoms with van der Waals surface area (Å²) in [6.45, 7) is 5.07. The lowest BCUT2D eigenvalue weighted by Crippen LogP contribution is -2.43. The molecule has 0 amide bonds. The lowest BCUT2D eigenvalue weighted by molar-refractivity contribution is -0.144. The summed E-state index contributed by atoms with van der Waals surface area (Å²) in [4.78, 5) is 18.3. The first kappa shape index (κ1) is 26.7. The number of halogens is 1. The molecule has 3 unspecified atom stereocenters. The molecular formula is C31H41FN2O2S. The summed E-state index contributed by atoms with van der Waals surface area (Å²) in [6, 6.07) is 17.3. The molecule has 0 bridgehead atoms. The average Bonchev–Trinajstić information content (AvgIpc) is 3.29. The van der Waals surface area contributed by atoms with E-state index in [0.717, 1.165) is 55.7 Å². The van der Waals surface area contributed by atoms with Gasteiger partial charge >= 0.3 is 5.97 Å². The Hall–Kier alpha value is -1.89. The first-order valence-electron chi connectivity index (χ1n) is 14.2. The van der Waals surface area contributed by atoms with Crippen LogP contribution < -0.4 is 0 Å². The number of benzene rings is 2. The maximum Gasteiger partial charge on any atom is 0.320 e. The van der Waals surface area contributed by atoms with Gasteiger partial charge in [0.2, 0.25) is 0 Å². The minimum absolute atomic E-state index is 0.173. The number of thioether (sulfide) groups is 1. The van der Waals surface area contributed by atoms with Crippen LogP contribution in [0.3, 0.4) is 0 Å². The van der Waals surface area contributed by atoms with E-state index in [9.17, 15) is 14.3 Å². The van der Waals surface area contributed by atoms with Crippen molar-refractivity contribution in [2.24, 2.45) is 17.8 Å². The minimum atomic E-state index is -0.640. The molecule has 6 heteroatoms. The molecular weight excluding hydrogens is 483 g/mol. The van der Waals surface area contributed by atoms with Crippen LogP contribution in [0.25, 0.3) is 0 Å². The van der Waals surface area contributed by atoms with Crippen molar-refractivity contribution in [3.05, 3.63) is 66.0 Å². The minimum Gasteiger partial charge on any atom is -0.480 e. The normalized spacial score (nSPS) is 24.7. The molecule has 1 N–H and O–H groups in total. The molecule has 3 fully saturated rings. The number of carboxylic acid groups (broad SMARTS) is 1. The smallest absolute Gasteiger partial charge is 0.320 e. The Morgan fingerprint density at radius 1 is 0.973 bits per heavy atom. The Morgan fingerprint density at radius 3 is 2.35 bits per heavy atom. The van der Waals surface area contributed by atoms with Gasteiger partial charge < -0.3 is 10.0 Å². The number of likely N-dealkylation sites (tertiary alicyclic amines) is 2. The second-order valence-electron chi connectivity index (χ2n) is 11.5. The average molecular weight is 525 g/mol. The molecule has 3 aliphatic rings. The fraction of sp³-hybridized carbons (Fsp3) is 0.581. The number of rotatable bonds is 11. The number of piperidine rings is 1. The fourth-order valence-corrected chi connectivity index (χ4v) is 7.55. The van der Waals surface area contributed by atoms with Crippen molar-refractivity contribution in [1.29, 1.82) is 0 Å². The summed E-state index contributed by atoms with van der Waals surface area (Å²) >= 11 is 1.83. The summed E-state index contributed by atoms with van der Waals surface area (Å²) < 4.78 is 13.1. The highest BCUT2D eigenvalue weighted by Gasteiger charge is 2.41. The van der Waals surface area contributed by atoms with Crippen LogP contribution in [-0.4, -0.2) is 65.4 Å². The zero-order chi connectivity index (χ0) is 25.6. The number of hydrogen-bond acceptors (Lipinski definition) is 4. The van der Waals surface area contributed by atoms with E-state index in [4.69, 9.17) is 0 Å². The van der Waals surface area contributed by atoms with Gasteiger partial charge in [-0.05, 0) is 92.1 Å². The SMILES string of the molecule is O=C(O)C(CC1CCC1)N1CC(CN2CCC(CCSc3ccc(F)cc3)CC2)C(c2ccccc2)C1. The fourth-order valence-electron chi connectivity index (χ4n) is 6.54. The number of carboxylic acids is 1. The second-order valence-corrected chi connectivity index (χ2v) is 12.6. The van der Waals surface area contributed by atoms with Crippen molar-refractivity contribution in [2.75, 3.05) is 38.5 Å². The van der Waals surface area contributed by atoms with Crippen LogP contribution in [0.15, 0.2) is 59.5 Å². The molecule has 2 aliphatic heterocycles. The van der Waals surface area contributed by atoms with E-state index in [1.807, 2.05) is 23.9 Å². The molecule has 37 heavy (non-hydrogen) atoms. The Kier molecular flexibility index (Phi) is 9.22. The van der Waals surface area contributed by atoms with Crippen molar-refractivity contribution in [2.45, 2.75) is 61.8 Å². The molecule has 2 aromatic rings. The van der Waals surface area contributed by atoms with E-state index < -0.39 is 5.97 Å². The van der Waals surface area contributed by atoms with E-state index in [1.54, 1.807) is 12.1 Å². The Balaban J connectivity index is 1.14. The molecule has 1 aliphatic carbocycles. The molecule has 1 saturated carbocycles. The standard InChI is InChI=1S/C31H41FN2O2S/c32-27-9-11-28(12-10-27)37-18-15-23-13-16-33(17-14-23)20-26-21-34(22-29(26)25-7-2-1-3-8-25)30(31(35)36)19-24-5-4-6-24/h1-3,7-12,23-24,26,29-30H,4-6,13-22H2,(H,35,36). The topological polar surface area (TPSA) is 43.8 Å². The van der Waals surface area contributed by atoms with E-state index in [2.05, 4.69) is 40.1 Å². The third kappa shape index (κ3) is 7.15. The van der Waals surface area contributed by atoms with Crippen LogP contribution in [0.1, 0.15) is 56.4 Å². The van der Waals surface area contributed by atoms with Crippen LogP contribution >= 0.6 is 11.8 Å². The Labute approximate surface area is 225 Å². The summed E-state index contributed by atoms with van der Waals surface area (Å²) in [7, 11) is 0. The zero-order valence-electron chi connectivity index (χ0n) is 21.8. The first-order chi connectivity index (χ1) is 18.0. The van der Waals surface area contributed by atoms with Crippen LogP contribution in [-0.2, 0) is 4.79 Å². The maximum atomic E-state index is 13.1. The van der Waals surface area contributed by atoms with Gasteiger partial charge in [0.25, 0.3) is 0 Å². The van der Waals surface area contributed by atoms with Crippen LogP contribution in [0.2, 0.25) is 0 Å². The summed E-state index contributed by atoms with van der Waals surface area (Å²) in [6.07, 6.45) is 8.13. The third-order valence-corrected chi connectivity index (χ3v) is 10.1. The van der Waals surface area contributed by atoms with Gasteiger partial charge in [0.05, 0.1) is 0 Å². The number of carbonyl (C=O) groups is 1.